The van der Waals surface area contributed by atoms with Crippen molar-refractivity contribution >= 4 is 40.7 Å². The molecule has 0 aliphatic carbocycles. The maximum atomic E-state index is 12.6. The van der Waals surface area contributed by atoms with Gasteiger partial charge in [-0.2, -0.15) is 0 Å². The van der Waals surface area contributed by atoms with Crippen molar-refractivity contribution in [1.82, 2.24) is 14.8 Å². The van der Waals surface area contributed by atoms with Gasteiger partial charge in [0, 0.05) is 21.8 Å². The first kappa shape index (κ1) is 19.7. The number of ketones is 1. The normalized spacial score (nSPS) is 10.8. The minimum Gasteiger partial charge on any atom is -0.293 e. The second-order valence-electron chi connectivity index (χ2n) is 6.18. The molecule has 0 saturated carbocycles. The first-order chi connectivity index (χ1) is 14.1. The molecule has 0 atom stereocenters. The molecule has 0 aliphatic heterocycles. The van der Waals surface area contributed by atoms with Gasteiger partial charge >= 0.3 is 0 Å². The molecule has 0 spiro atoms. The van der Waals surface area contributed by atoms with E-state index in [1.807, 2.05) is 59.2 Å². The molecule has 0 radical (unpaired) electrons. The van der Waals surface area contributed by atoms with Crippen LogP contribution in [0, 0.1) is 0 Å². The highest BCUT2D eigenvalue weighted by Gasteiger charge is 2.18. The summed E-state index contributed by atoms with van der Waals surface area (Å²) in [7, 11) is 0. The summed E-state index contributed by atoms with van der Waals surface area (Å²) in [6.45, 7) is 0. The maximum Gasteiger partial charge on any atom is 0.196 e. The van der Waals surface area contributed by atoms with Gasteiger partial charge < -0.3 is 0 Å². The van der Waals surface area contributed by atoms with E-state index >= 15 is 0 Å². The number of aromatic nitrogens is 3. The summed E-state index contributed by atoms with van der Waals surface area (Å²) in [5.41, 5.74) is 2.30. The van der Waals surface area contributed by atoms with Gasteiger partial charge in [0.25, 0.3) is 0 Å². The summed E-state index contributed by atoms with van der Waals surface area (Å²) in [5, 5.41) is 10.4. The molecule has 4 aromatic rings. The van der Waals surface area contributed by atoms with E-state index in [2.05, 4.69) is 10.2 Å². The Morgan fingerprint density at radius 1 is 0.862 bits per heavy atom. The van der Waals surface area contributed by atoms with Crippen molar-refractivity contribution in [2.24, 2.45) is 0 Å². The molecule has 0 aliphatic rings. The molecule has 29 heavy (non-hydrogen) atoms. The zero-order valence-electron chi connectivity index (χ0n) is 15.1. The largest absolute Gasteiger partial charge is 0.293 e. The average Bonchev–Trinajstić information content (AvgIpc) is 3.17. The van der Waals surface area contributed by atoms with E-state index in [1.54, 1.807) is 24.3 Å². The highest BCUT2D eigenvalue weighted by atomic mass is 35.5. The van der Waals surface area contributed by atoms with Gasteiger partial charge in [-0.15, -0.1) is 10.2 Å². The number of carbonyl (C=O) groups is 1. The number of halogens is 2. The van der Waals surface area contributed by atoms with Crippen LogP contribution in [0.25, 0.3) is 17.1 Å². The van der Waals surface area contributed by atoms with Crippen LogP contribution in [-0.4, -0.2) is 26.3 Å². The molecule has 0 amide bonds. The summed E-state index contributed by atoms with van der Waals surface area (Å²) >= 11 is 13.5. The molecule has 0 unspecified atom stereocenters. The lowest BCUT2D eigenvalue weighted by Gasteiger charge is -2.10. The molecule has 4 rings (SSSR count). The van der Waals surface area contributed by atoms with Gasteiger partial charge in [0.1, 0.15) is 0 Å². The fourth-order valence-corrected chi connectivity index (χ4v) is 4.06. The van der Waals surface area contributed by atoms with E-state index in [9.17, 15) is 4.79 Å². The molecule has 4 nitrogen and oxygen atoms in total. The molecule has 0 saturated heterocycles. The van der Waals surface area contributed by atoms with E-state index in [-0.39, 0.29) is 11.5 Å². The third-order valence-corrected chi connectivity index (χ3v) is 5.77. The highest BCUT2D eigenvalue weighted by Crippen LogP contribution is 2.29. The van der Waals surface area contributed by atoms with Crippen LogP contribution in [0.4, 0.5) is 0 Å². The van der Waals surface area contributed by atoms with E-state index < -0.39 is 0 Å². The lowest BCUT2D eigenvalue weighted by atomic mass is 10.1. The molecule has 1 aromatic heterocycles. The van der Waals surface area contributed by atoms with E-state index in [4.69, 9.17) is 23.2 Å². The van der Waals surface area contributed by atoms with Crippen LogP contribution < -0.4 is 0 Å². The Kier molecular flexibility index (Phi) is 6.00. The lowest BCUT2D eigenvalue weighted by Crippen LogP contribution is -2.05. The molecule has 144 valence electrons. The quantitative estimate of drug-likeness (QED) is 0.264. The van der Waals surface area contributed by atoms with Crippen LogP contribution in [0.1, 0.15) is 10.4 Å². The number of nitrogens with zero attached hydrogens (tertiary/aromatic N) is 3. The number of carbonyl (C=O) groups excluding carboxylic acids is 1. The fraction of sp³-hybridized carbons (Fsp3) is 0.0455. The van der Waals surface area contributed by atoms with Crippen LogP contribution in [0.2, 0.25) is 10.0 Å². The molecule has 1 heterocycles. The topological polar surface area (TPSA) is 47.8 Å². The Labute approximate surface area is 182 Å². The second-order valence-corrected chi connectivity index (χ2v) is 7.96. The fourth-order valence-electron chi connectivity index (χ4n) is 2.86. The predicted molar refractivity (Wildman–Crippen MR) is 118 cm³/mol. The van der Waals surface area contributed by atoms with E-state index in [0.717, 1.165) is 11.3 Å². The molecule has 0 fully saturated rings. The van der Waals surface area contributed by atoms with Gasteiger partial charge in [-0.3, -0.25) is 9.36 Å². The summed E-state index contributed by atoms with van der Waals surface area (Å²) in [5.74, 6) is 0.831. The third-order valence-electron chi connectivity index (χ3n) is 4.26. The molecule has 7 heteroatoms. The summed E-state index contributed by atoms with van der Waals surface area (Å²) < 4.78 is 1.93. The first-order valence-electron chi connectivity index (χ1n) is 8.81. The minimum absolute atomic E-state index is 0.0625. The number of hydrogen-bond donors (Lipinski definition) is 0. The van der Waals surface area contributed by atoms with Gasteiger partial charge in [-0.1, -0.05) is 77.4 Å². The number of hydrogen-bond acceptors (Lipinski definition) is 4. The minimum atomic E-state index is -0.0625. The van der Waals surface area contributed by atoms with Crippen molar-refractivity contribution in [2.75, 3.05) is 5.75 Å². The molecule has 0 N–H and O–H groups in total. The number of benzene rings is 3. The summed E-state index contributed by atoms with van der Waals surface area (Å²) in [4.78, 5) is 12.6. The van der Waals surface area contributed by atoms with Crippen LogP contribution >= 0.6 is 35.0 Å². The predicted octanol–water partition coefficient (Wildman–Crippen LogP) is 6.22. The molecule has 0 bridgehead atoms. The zero-order valence-corrected chi connectivity index (χ0v) is 17.5. The Bertz CT molecular complexity index is 1140. The maximum absolute atomic E-state index is 12.6. The first-order valence-corrected chi connectivity index (χ1v) is 10.5. The summed E-state index contributed by atoms with van der Waals surface area (Å²) in [6, 6.07) is 24.3. The van der Waals surface area contributed by atoms with Crippen LogP contribution in [0.3, 0.4) is 0 Å². The Morgan fingerprint density at radius 3 is 2.28 bits per heavy atom. The van der Waals surface area contributed by atoms with Crippen LogP contribution in [0.5, 0.6) is 0 Å². The molecular formula is C22H15Cl2N3OS. The van der Waals surface area contributed by atoms with Crippen LogP contribution in [-0.2, 0) is 0 Å². The zero-order chi connectivity index (χ0) is 20.2. The van der Waals surface area contributed by atoms with Gasteiger partial charge in [0.2, 0.25) is 0 Å². The molecular weight excluding hydrogens is 425 g/mol. The van der Waals surface area contributed by atoms with E-state index in [1.165, 1.54) is 11.8 Å². The monoisotopic (exact) mass is 439 g/mol. The Hall–Kier alpha value is -2.60. The highest BCUT2D eigenvalue weighted by molar-refractivity contribution is 7.99. The van der Waals surface area contributed by atoms with Gasteiger partial charge in [-0.25, -0.2) is 0 Å². The van der Waals surface area contributed by atoms with Gasteiger partial charge in [0.15, 0.2) is 16.8 Å². The van der Waals surface area contributed by atoms with Crippen LogP contribution in [0.15, 0.2) is 84.0 Å². The smallest absolute Gasteiger partial charge is 0.196 e. The van der Waals surface area contributed by atoms with Gasteiger partial charge in [-0.05, 0) is 36.4 Å². The summed E-state index contributed by atoms with van der Waals surface area (Å²) in [6.07, 6.45) is 0. The van der Waals surface area contributed by atoms with Crippen molar-refractivity contribution in [1.29, 1.82) is 0 Å². The number of rotatable bonds is 6. The van der Waals surface area contributed by atoms with Crippen molar-refractivity contribution < 1.29 is 4.79 Å². The standard InChI is InChI=1S/C22H15Cl2N3OS/c23-16-10-12-17(13-11-16)27-21(15-6-2-1-3-7-15)25-26-22(27)29-14-20(28)18-8-4-5-9-19(18)24/h1-13H,14H2. The average molecular weight is 440 g/mol. The number of thioether (sulfide) groups is 1. The number of Topliss-reactive ketones (excluding diaryl/α,β-unsaturated/α-hetero) is 1. The second kappa shape index (κ2) is 8.82. The van der Waals surface area contributed by atoms with Crippen molar-refractivity contribution in [3.8, 4) is 17.1 Å². The van der Waals surface area contributed by atoms with Gasteiger partial charge in [0.05, 0.1) is 10.8 Å². The SMILES string of the molecule is O=C(CSc1nnc(-c2ccccc2)n1-c1ccc(Cl)cc1)c1ccccc1Cl. The Balaban J connectivity index is 1.68. The van der Waals surface area contributed by atoms with E-state index in [0.29, 0.717) is 26.6 Å². The van der Waals surface area contributed by atoms with Crippen molar-refractivity contribution in [2.45, 2.75) is 5.16 Å². The lowest BCUT2D eigenvalue weighted by molar-refractivity contribution is 0.102. The molecule has 3 aromatic carbocycles. The third kappa shape index (κ3) is 4.37. The Morgan fingerprint density at radius 2 is 1.55 bits per heavy atom. The van der Waals surface area contributed by atoms with Crippen molar-refractivity contribution in [3.05, 3.63) is 94.5 Å². The van der Waals surface area contributed by atoms with Crippen molar-refractivity contribution in [3.63, 3.8) is 0 Å².